The Bertz CT molecular complexity index is 882. The van der Waals surface area contributed by atoms with E-state index in [1.807, 2.05) is 0 Å². The fourth-order valence-corrected chi connectivity index (χ4v) is 3.62. The van der Waals surface area contributed by atoms with Crippen molar-refractivity contribution in [2.75, 3.05) is 12.4 Å². The van der Waals surface area contributed by atoms with E-state index in [2.05, 4.69) is 10.3 Å². The fourth-order valence-electron chi connectivity index (χ4n) is 1.84. The van der Waals surface area contributed by atoms with Gasteiger partial charge >= 0.3 is 0 Å². The lowest BCUT2D eigenvalue weighted by atomic mass is 10.2. The molecule has 1 N–H and O–H groups in total. The number of halogens is 2. The Morgan fingerprint density at radius 2 is 1.84 bits per heavy atom. The highest BCUT2D eigenvalue weighted by atomic mass is 35.5. The molecule has 2 rings (SSSR count). The van der Waals surface area contributed by atoms with Crippen LogP contribution in [0.4, 0.5) is 5.69 Å². The first-order chi connectivity index (χ1) is 11.8. The number of nitrogens with one attached hydrogen (secondary N) is 1. The third-order valence-corrected chi connectivity index (χ3v) is 5.98. The second-order valence-electron chi connectivity index (χ2n) is 4.88. The van der Waals surface area contributed by atoms with Gasteiger partial charge in [-0.25, -0.2) is 13.4 Å². The highest BCUT2D eigenvalue weighted by molar-refractivity contribution is 7.96. The number of sulfone groups is 1. The summed E-state index contributed by atoms with van der Waals surface area (Å²) in [5.74, 6) is -0.848. The first-order valence-electron chi connectivity index (χ1n) is 6.97. The smallest absolute Gasteiger partial charge is 0.269 e. The maximum absolute atomic E-state index is 12.3. The summed E-state index contributed by atoms with van der Waals surface area (Å²) < 4.78 is 28.8. The summed E-state index contributed by atoms with van der Waals surface area (Å²) in [5.41, 5.74) is 0.846. The van der Waals surface area contributed by atoms with E-state index < -0.39 is 25.1 Å². The van der Waals surface area contributed by atoms with Crippen LogP contribution in [0.1, 0.15) is 5.56 Å². The van der Waals surface area contributed by atoms with Gasteiger partial charge in [-0.15, -0.1) is 0 Å². The number of anilines is 1. The highest BCUT2D eigenvalue weighted by Gasteiger charge is 2.24. The van der Waals surface area contributed by atoms with Gasteiger partial charge in [-0.1, -0.05) is 53.5 Å². The van der Waals surface area contributed by atoms with Crippen LogP contribution in [0.5, 0.6) is 5.88 Å². The van der Waals surface area contributed by atoms with Gasteiger partial charge in [0, 0.05) is 6.07 Å². The predicted molar refractivity (Wildman–Crippen MR) is 97.2 cm³/mol. The van der Waals surface area contributed by atoms with Crippen molar-refractivity contribution < 1.29 is 17.9 Å². The molecule has 0 fully saturated rings. The van der Waals surface area contributed by atoms with Crippen molar-refractivity contribution in [2.24, 2.45) is 0 Å². The van der Waals surface area contributed by atoms with Gasteiger partial charge in [0.25, 0.3) is 5.91 Å². The van der Waals surface area contributed by atoms with Gasteiger partial charge in [0.2, 0.25) is 5.88 Å². The zero-order valence-electron chi connectivity index (χ0n) is 13.1. The van der Waals surface area contributed by atoms with Crippen LogP contribution in [0.2, 0.25) is 0 Å². The van der Waals surface area contributed by atoms with Crippen LogP contribution in [-0.4, -0.2) is 26.4 Å². The molecule has 0 aliphatic rings. The maximum atomic E-state index is 12.3. The second-order valence-corrected chi connectivity index (χ2v) is 7.78. The molecule has 1 amide bonds. The molecule has 0 aliphatic carbocycles. The third kappa shape index (κ3) is 5.19. The first kappa shape index (κ1) is 19.2. The molecule has 0 atom stereocenters. The molecule has 25 heavy (non-hydrogen) atoms. The van der Waals surface area contributed by atoms with Gasteiger partial charge in [-0.05, 0) is 11.6 Å². The van der Waals surface area contributed by atoms with Crippen molar-refractivity contribution in [1.29, 1.82) is 0 Å². The van der Waals surface area contributed by atoms with Crippen LogP contribution in [-0.2, 0) is 20.4 Å². The Hall–Kier alpha value is -2.09. The number of amides is 1. The number of pyridine rings is 1. The number of hydrogen-bond acceptors (Lipinski definition) is 5. The lowest BCUT2D eigenvalue weighted by Gasteiger charge is -2.08. The summed E-state index contributed by atoms with van der Waals surface area (Å²) in [5, 5.41) is 1.80. The minimum absolute atomic E-state index is 0.314. The number of methoxy groups -OCH3 is 1. The van der Waals surface area contributed by atoms with Crippen LogP contribution >= 0.6 is 23.2 Å². The Morgan fingerprint density at radius 3 is 2.40 bits per heavy atom. The van der Waals surface area contributed by atoms with Gasteiger partial charge in [-0.3, -0.25) is 4.79 Å². The van der Waals surface area contributed by atoms with E-state index >= 15 is 0 Å². The molecule has 0 saturated carbocycles. The Kier molecular flexibility index (Phi) is 6.41. The number of hydrogen-bond donors (Lipinski definition) is 1. The first-order valence-corrected chi connectivity index (χ1v) is 9.37. The number of ether oxygens (including phenoxy) is 1. The molecule has 1 aromatic heterocycles. The summed E-state index contributed by atoms with van der Waals surface area (Å²) in [7, 11) is -2.49. The van der Waals surface area contributed by atoms with E-state index in [-0.39, 0.29) is 5.75 Å². The average molecular weight is 401 g/mol. The molecule has 1 heterocycles. The van der Waals surface area contributed by atoms with Crippen molar-refractivity contribution in [3.05, 3.63) is 63.6 Å². The number of nitrogens with zero attached hydrogens (tertiary/aromatic N) is 1. The standard InChI is InChI=1S/C16H14Cl2N2O4S/c1-24-13-8-7-12(9-19-13)20-16(21)14(17)15(18)25(22,23)10-11-5-3-2-4-6-11/h2-9H,10H2,1H3,(H,20,21)/b15-14-. The summed E-state index contributed by atoms with van der Waals surface area (Å²) in [6.45, 7) is 0. The quantitative estimate of drug-likeness (QED) is 0.751. The summed E-state index contributed by atoms with van der Waals surface area (Å²) in [6.07, 6.45) is 1.34. The third-order valence-electron chi connectivity index (χ3n) is 3.05. The predicted octanol–water partition coefficient (Wildman–Crippen LogP) is 3.29. The second kappa shape index (κ2) is 8.33. The Morgan fingerprint density at radius 1 is 1.16 bits per heavy atom. The molecule has 132 valence electrons. The monoisotopic (exact) mass is 400 g/mol. The van der Waals surface area contributed by atoms with Crippen molar-refractivity contribution in [1.82, 2.24) is 4.98 Å². The maximum Gasteiger partial charge on any atom is 0.269 e. The molecule has 6 nitrogen and oxygen atoms in total. The van der Waals surface area contributed by atoms with Crippen LogP contribution < -0.4 is 10.1 Å². The van der Waals surface area contributed by atoms with Crippen molar-refractivity contribution >= 4 is 44.6 Å². The molecule has 0 unspecified atom stereocenters. The zero-order valence-corrected chi connectivity index (χ0v) is 15.4. The molecular weight excluding hydrogens is 387 g/mol. The minimum atomic E-state index is -3.94. The van der Waals surface area contributed by atoms with Crippen LogP contribution in [0, 0.1) is 0 Å². The van der Waals surface area contributed by atoms with Crippen molar-refractivity contribution in [3.8, 4) is 5.88 Å². The molecule has 1 aromatic carbocycles. The number of carbonyl (C=O) groups is 1. The van der Waals surface area contributed by atoms with Crippen molar-refractivity contribution in [3.63, 3.8) is 0 Å². The summed E-state index contributed by atoms with van der Waals surface area (Å²) in [4.78, 5) is 16.0. The van der Waals surface area contributed by atoms with E-state index in [1.165, 1.54) is 25.4 Å². The van der Waals surface area contributed by atoms with Crippen LogP contribution in [0.25, 0.3) is 0 Å². The lowest BCUT2D eigenvalue weighted by Crippen LogP contribution is -2.15. The summed E-state index contributed by atoms with van der Waals surface area (Å²) in [6, 6.07) is 11.5. The van der Waals surface area contributed by atoms with E-state index in [0.717, 1.165) is 0 Å². The minimum Gasteiger partial charge on any atom is -0.481 e. The molecule has 0 aliphatic heterocycles. The van der Waals surface area contributed by atoms with E-state index in [1.54, 1.807) is 30.3 Å². The molecule has 0 bridgehead atoms. The number of aromatic nitrogens is 1. The van der Waals surface area contributed by atoms with E-state index in [0.29, 0.717) is 17.1 Å². The zero-order chi connectivity index (χ0) is 18.4. The molecule has 0 saturated heterocycles. The topological polar surface area (TPSA) is 85.4 Å². The normalized spacial score (nSPS) is 12.3. The van der Waals surface area contributed by atoms with Gasteiger partial charge in [0.1, 0.15) is 5.03 Å². The van der Waals surface area contributed by atoms with E-state index in [4.69, 9.17) is 27.9 Å². The Balaban J connectivity index is 2.16. The average Bonchev–Trinajstić information content (AvgIpc) is 2.61. The number of benzene rings is 1. The lowest BCUT2D eigenvalue weighted by molar-refractivity contribution is -0.112. The van der Waals surface area contributed by atoms with Crippen molar-refractivity contribution in [2.45, 2.75) is 5.75 Å². The molecule has 9 heteroatoms. The molecular formula is C16H14Cl2N2O4S. The number of carbonyl (C=O) groups excluding carboxylic acids is 1. The van der Waals surface area contributed by atoms with Gasteiger partial charge < -0.3 is 10.1 Å². The van der Waals surface area contributed by atoms with Crippen LogP contribution in [0.15, 0.2) is 58.1 Å². The summed E-state index contributed by atoms with van der Waals surface area (Å²) >= 11 is 11.7. The molecule has 0 radical (unpaired) electrons. The largest absolute Gasteiger partial charge is 0.481 e. The SMILES string of the molecule is COc1ccc(NC(=O)/C(Cl)=C(\Cl)S(=O)(=O)Cc2ccccc2)cn1. The van der Waals surface area contributed by atoms with Gasteiger partial charge in [0.15, 0.2) is 14.2 Å². The fraction of sp³-hybridized carbons (Fsp3) is 0.125. The highest BCUT2D eigenvalue weighted by Crippen LogP contribution is 2.25. The van der Waals surface area contributed by atoms with Crippen LogP contribution in [0.3, 0.4) is 0 Å². The molecule has 0 spiro atoms. The molecule has 2 aromatic rings. The van der Waals surface area contributed by atoms with E-state index in [9.17, 15) is 13.2 Å². The van der Waals surface area contributed by atoms with Gasteiger partial charge in [0.05, 0.1) is 24.7 Å². The Labute approximate surface area is 155 Å². The van der Waals surface area contributed by atoms with Gasteiger partial charge in [-0.2, -0.15) is 0 Å². The number of rotatable bonds is 6.